The Morgan fingerprint density at radius 2 is 2.21 bits per heavy atom. The highest BCUT2D eigenvalue weighted by Gasteiger charge is 2.39. The van der Waals surface area contributed by atoms with E-state index in [1.54, 1.807) is 12.1 Å². The van der Waals surface area contributed by atoms with Gasteiger partial charge in [0.2, 0.25) is 0 Å². The molecule has 1 unspecified atom stereocenters. The molecule has 2 aliphatic rings. The smallest absolute Gasteiger partial charge is 0.387 e. The molecule has 1 fully saturated rings. The van der Waals surface area contributed by atoms with Gasteiger partial charge >= 0.3 is 6.61 Å². The van der Waals surface area contributed by atoms with E-state index in [0.717, 1.165) is 17.7 Å². The number of hydrogen-bond acceptors (Lipinski definition) is 6. The molecule has 6 nitrogen and oxygen atoms in total. The Labute approximate surface area is 137 Å². The second-order valence-corrected chi connectivity index (χ2v) is 5.60. The molecule has 0 aromatic heterocycles. The maximum absolute atomic E-state index is 12.5. The number of ether oxygens (including phenoxy) is 3. The van der Waals surface area contributed by atoms with Crippen molar-refractivity contribution in [2.75, 3.05) is 26.4 Å². The number of benzene rings is 1. The fraction of sp³-hybridized carbons (Fsp3) is 0.500. The van der Waals surface area contributed by atoms with Crippen LogP contribution in [-0.2, 0) is 9.57 Å². The van der Waals surface area contributed by atoms with Gasteiger partial charge in [-0.15, -0.1) is 0 Å². The van der Waals surface area contributed by atoms with Crippen molar-refractivity contribution in [2.45, 2.75) is 25.1 Å². The number of aliphatic hydroxyl groups is 1. The molecule has 8 heteroatoms. The van der Waals surface area contributed by atoms with Crippen molar-refractivity contribution in [3.63, 3.8) is 0 Å². The van der Waals surface area contributed by atoms with Crippen LogP contribution in [0.4, 0.5) is 8.78 Å². The van der Waals surface area contributed by atoms with Crippen LogP contribution in [0.15, 0.2) is 24.3 Å². The first-order valence-corrected chi connectivity index (χ1v) is 7.69. The summed E-state index contributed by atoms with van der Waals surface area (Å²) in [5.41, 5.74) is 3.82. The van der Waals surface area contributed by atoms with Gasteiger partial charge in [0.15, 0.2) is 11.5 Å². The van der Waals surface area contributed by atoms with Crippen LogP contribution in [0.5, 0.6) is 11.5 Å². The largest absolute Gasteiger partial charge is 0.490 e. The second-order valence-electron chi connectivity index (χ2n) is 5.60. The first-order chi connectivity index (χ1) is 11.6. The van der Waals surface area contributed by atoms with Crippen LogP contribution in [-0.4, -0.2) is 43.7 Å². The van der Waals surface area contributed by atoms with E-state index in [2.05, 4.69) is 10.2 Å². The lowest BCUT2D eigenvalue weighted by molar-refractivity contribution is -0.0515. The first kappa shape index (κ1) is 16.9. The van der Waals surface area contributed by atoms with E-state index < -0.39 is 12.2 Å². The summed E-state index contributed by atoms with van der Waals surface area (Å²) < 4.78 is 40.3. The lowest BCUT2D eigenvalue weighted by Gasteiger charge is -2.15. The highest BCUT2D eigenvalue weighted by atomic mass is 19.3. The summed E-state index contributed by atoms with van der Waals surface area (Å²) in [6.07, 6.45) is 3.07. The van der Waals surface area contributed by atoms with E-state index in [9.17, 15) is 8.78 Å². The SMILES string of the molecule is OCCCOc1cc(C2=CC3(CCOC3)ON2)ccc1OC(F)F. The van der Waals surface area contributed by atoms with Crippen LogP contribution >= 0.6 is 0 Å². The molecule has 0 saturated carbocycles. The molecule has 2 aliphatic heterocycles. The van der Waals surface area contributed by atoms with Gasteiger partial charge in [0.25, 0.3) is 0 Å². The maximum atomic E-state index is 12.5. The molecule has 24 heavy (non-hydrogen) atoms. The third kappa shape index (κ3) is 3.77. The number of nitrogens with one attached hydrogen (secondary N) is 1. The van der Waals surface area contributed by atoms with Gasteiger partial charge < -0.3 is 19.3 Å². The standard InChI is InChI=1S/C16H19F2NO5/c17-15(18)23-13-3-2-11(8-14(13)22-6-1-5-20)12-9-16(24-19-12)4-7-21-10-16/h2-3,8-9,15,19-20H,1,4-7,10H2. The van der Waals surface area contributed by atoms with Gasteiger partial charge in [-0.3, -0.25) is 10.3 Å². The highest BCUT2D eigenvalue weighted by molar-refractivity contribution is 5.68. The molecule has 1 spiro atoms. The maximum Gasteiger partial charge on any atom is 0.387 e. The van der Waals surface area contributed by atoms with Gasteiger partial charge in [-0.1, -0.05) is 0 Å². The molecule has 1 aromatic carbocycles. The Morgan fingerprint density at radius 3 is 2.92 bits per heavy atom. The Hall–Kier alpha value is -1.90. The topological polar surface area (TPSA) is 69.2 Å². The van der Waals surface area contributed by atoms with Crippen molar-refractivity contribution < 1.29 is 32.9 Å². The van der Waals surface area contributed by atoms with Crippen LogP contribution in [0.25, 0.3) is 5.70 Å². The molecular weight excluding hydrogens is 324 g/mol. The fourth-order valence-electron chi connectivity index (χ4n) is 2.61. The third-order valence-electron chi connectivity index (χ3n) is 3.82. The molecule has 132 valence electrons. The monoisotopic (exact) mass is 343 g/mol. The Kier molecular flexibility index (Phi) is 5.17. The van der Waals surface area contributed by atoms with Crippen molar-refractivity contribution in [3.05, 3.63) is 29.8 Å². The Balaban J connectivity index is 1.82. The second kappa shape index (κ2) is 7.33. The average molecular weight is 343 g/mol. The number of hydrogen-bond donors (Lipinski definition) is 2. The summed E-state index contributed by atoms with van der Waals surface area (Å²) in [6, 6.07) is 4.67. The third-order valence-corrected chi connectivity index (χ3v) is 3.82. The molecule has 0 bridgehead atoms. The number of aliphatic hydroxyl groups excluding tert-OH is 1. The first-order valence-electron chi connectivity index (χ1n) is 7.69. The Bertz CT molecular complexity index is 602. The minimum absolute atomic E-state index is 0.0478. The summed E-state index contributed by atoms with van der Waals surface area (Å²) in [4.78, 5) is 5.61. The van der Waals surface area contributed by atoms with Gasteiger partial charge in [-0.2, -0.15) is 8.78 Å². The summed E-state index contributed by atoms with van der Waals surface area (Å²) in [6.45, 7) is -1.70. The van der Waals surface area contributed by atoms with Crippen LogP contribution in [0, 0.1) is 0 Å². The van der Waals surface area contributed by atoms with E-state index in [-0.39, 0.29) is 24.7 Å². The van der Waals surface area contributed by atoms with Gasteiger partial charge in [-0.05, 0) is 24.3 Å². The summed E-state index contributed by atoms with van der Waals surface area (Å²) in [5.74, 6) is 0.137. The summed E-state index contributed by atoms with van der Waals surface area (Å²) >= 11 is 0. The molecule has 1 saturated heterocycles. The minimum Gasteiger partial charge on any atom is -0.490 e. The number of rotatable bonds is 7. The Morgan fingerprint density at radius 1 is 1.33 bits per heavy atom. The summed E-state index contributed by atoms with van der Waals surface area (Å²) in [7, 11) is 0. The zero-order valence-electron chi connectivity index (χ0n) is 13.0. The van der Waals surface area contributed by atoms with Crippen LogP contribution in [0.1, 0.15) is 18.4 Å². The van der Waals surface area contributed by atoms with Crippen molar-refractivity contribution in [3.8, 4) is 11.5 Å². The normalized spacial score (nSPS) is 22.8. The highest BCUT2D eigenvalue weighted by Crippen LogP contribution is 2.36. The van der Waals surface area contributed by atoms with Gasteiger partial charge in [0, 0.05) is 31.6 Å². The van der Waals surface area contributed by atoms with E-state index in [0.29, 0.717) is 19.6 Å². The predicted octanol–water partition coefficient (Wildman–Crippen LogP) is 2.08. The number of alkyl halides is 2. The van der Waals surface area contributed by atoms with Crippen molar-refractivity contribution >= 4 is 5.70 Å². The van der Waals surface area contributed by atoms with Gasteiger partial charge in [-0.25, -0.2) is 0 Å². The van der Waals surface area contributed by atoms with Crippen LogP contribution < -0.4 is 15.0 Å². The predicted molar refractivity (Wildman–Crippen MR) is 80.6 cm³/mol. The van der Waals surface area contributed by atoms with E-state index in [1.807, 2.05) is 6.08 Å². The molecule has 0 amide bonds. The molecular formula is C16H19F2NO5. The van der Waals surface area contributed by atoms with Gasteiger partial charge in [0.1, 0.15) is 5.60 Å². The lowest BCUT2D eigenvalue weighted by atomic mass is 10.0. The van der Waals surface area contributed by atoms with Crippen molar-refractivity contribution in [1.29, 1.82) is 0 Å². The fourth-order valence-corrected chi connectivity index (χ4v) is 2.61. The molecule has 3 rings (SSSR count). The van der Waals surface area contributed by atoms with E-state index >= 15 is 0 Å². The molecule has 2 heterocycles. The molecule has 1 atom stereocenters. The molecule has 0 aliphatic carbocycles. The summed E-state index contributed by atoms with van der Waals surface area (Å²) in [5, 5.41) is 8.83. The minimum atomic E-state index is -2.94. The average Bonchev–Trinajstić information content (AvgIpc) is 3.19. The van der Waals surface area contributed by atoms with Crippen LogP contribution in [0.2, 0.25) is 0 Å². The lowest BCUT2D eigenvalue weighted by Crippen LogP contribution is -2.29. The molecule has 2 N–H and O–H groups in total. The molecule has 1 aromatic rings. The van der Waals surface area contributed by atoms with Gasteiger partial charge in [0.05, 0.1) is 18.9 Å². The quantitative estimate of drug-likeness (QED) is 0.739. The van der Waals surface area contributed by atoms with Crippen LogP contribution in [0.3, 0.4) is 0 Å². The van der Waals surface area contributed by atoms with E-state index in [1.165, 1.54) is 6.07 Å². The van der Waals surface area contributed by atoms with Crippen molar-refractivity contribution in [2.24, 2.45) is 0 Å². The van der Waals surface area contributed by atoms with E-state index in [4.69, 9.17) is 19.4 Å². The zero-order chi connectivity index (χ0) is 17.0. The number of hydroxylamine groups is 1. The number of halogens is 2. The van der Waals surface area contributed by atoms with Crippen molar-refractivity contribution in [1.82, 2.24) is 5.48 Å². The molecule has 0 radical (unpaired) electrons. The zero-order valence-corrected chi connectivity index (χ0v) is 13.0.